The van der Waals surface area contributed by atoms with E-state index in [1.807, 2.05) is 17.8 Å². The molecule has 1 fully saturated rings. The highest BCUT2D eigenvalue weighted by atomic mass is 35.5. The maximum Gasteiger partial charge on any atom is 0.270 e. The molecule has 3 rings (SSSR count). The highest BCUT2D eigenvalue weighted by Gasteiger charge is 2.22. The molecule has 3 N–H and O–H groups in total. The first-order valence-corrected chi connectivity index (χ1v) is 9.19. The van der Waals surface area contributed by atoms with Gasteiger partial charge in [0.2, 0.25) is 0 Å². The predicted molar refractivity (Wildman–Crippen MR) is 109 cm³/mol. The van der Waals surface area contributed by atoms with Gasteiger partial charge in [-0.3, -0.25) is 14.7 Å². The van der Waals surface area contributed by atoms with Crippen molar-refractivity contribution >= 4 is 42.1 Å². The van der Waals surface area contributed by atoms with Gasteiger partial charge in [-0.1, -0.05) is 0 Å². The van der Waals surface area contributed by atoms with E-state index in [-0.39, 0.29) is 36.8 Å². The van der Waals surface area contributed by atoms with Gasteiger partial charge in [-0.25, -0.2) is 4.98 Å². The summed E-state index contributed by atoms with van der Waals surface area (Å²) in [5.41, 5.74) is 7.32. The molecule has 0 radical (unpaired) electrons. The largest absolute Gasteiger partial charge is 0.348 e. The van der Waals surface area contributed by atoms with Gasteiger partial charge in [0.25, 0.3) is 5.91 Å². The zero-order chi connectivity index (χ0) is 16.8. The summed E-state index contributed by atoms with van der Waals surface area (Å²) in [7, 11) is 0. The molecule has 1 aliphatic heterocycles. The predicted octanol–water partition coefficient (Wildman–Crippen LogP) is 2.28. The molecule has 0 saturated carbocycles. The molecule has 144 valence electrons. The molecule has 6 nitrogen and oxygen atoms in total. The Morgan fingerprint density at radius 1 is 1.27 bits per heavy atom. The van der Waals surface area contributed by atoms with Crippen LogP contribution in [0.2, 0.25) is 0 Å². The number of likely N-dealkylation sites (tertiary alicyclic amines) is 1. The molecule has 0 aliphatic carbocycles. The number of nitrogens with two attached hydrogens (primary N) is 1. The molecule has 2 aromatic rings. The number of nitrogens with one attached hydrogen (secondary N) is 1. The molecule has 2 aromatic heterocycles. The van der Waals surface area contributed by atoms with Gasteiger partial charge in [-0.2, -0.15) is 0 Å². The van der Waals surface area contributed by atoms with Crippen LogP contribution in [-0.4, -0.2) is 46.5 Å². The van der Waals surface area contributed by atoms with Crippen LogP contribution < -0.4 is 11.1 Å². The van der Waals surface area contributed by atoms with E-state index in [0.717, 1.165) is 43.9 Å². The van der Waals surface area contributed by atoms with E-state index in [0.29, 0.717) is 12.2 Å². The van der Waals surface area contributed by atoms with Crippen molar-refractivity contribution in [2.45, 2.75) is 31.8 Å². The zero-order valence-corrected chi connectivity index (χ0v) is 16.9. The third-order valence-electron chi connectivity index (χ3n) is 4.22. The first-order valence-electron chi connectivity index (χ1n) is 8.31. The molecule has 1 saturated heterocycles. The molecule has 26 heavy (non-hydrogen) atoms. The Labute approximate surface area is 170 Å². The summed E-state index contributed by atoms with van der Waals surface area (Å²) in [5.74, 6) is -0.0675. The van der Waals surface area contributed by atoms with Crippen LogP contribution in [0.1, 0.15) is 33.9 Å². The number of amides is 1. The number of rotatable bonds is 6. The Hall–Kier alpha value is -1.25. The van der Waals surface area contributed by atoms with Crippen LogP contribution in [-0.2, 0) is 13.0 Å². The third-order valence-corrected chi connectivity index (χ3v) is 5.13. The maximum absolute atomic E-state index is 12.3. The summed E-state index contributed by atoms with van der Waals surface area (Å²) in [6.07, 6.45) is 6.32. The van der Waals surface area contributed by atoms with Crippen LogP contribution >= 0.6 is 36.2 Å². The number of hydrogen-bond donors (Lipinski definition) is 2. The van der Waals surface area contributed by atoms with E-state index in [4.69, 9.17) is 5.73 Å². The van der Waals surface area contributed by atoms with E-state index < -0.39 is 0 Å². The van der Waals surface area contributed by atoms with Gasteiger partial charge >= 0.3 is 0 Å². The lowest BCUT2D eigenvalue weighted by Crippen LogP contribution is -2.44. The molecular formula is C17H25Cl2N5OS. The van der Waals surface area contributed by atoms with Gasteiger partial charge in [-0.15, -0.1) is 36.2 Å². The highest BCUT2D eigenvalue weighted by Crippen LogP contribution is 2.15. The van der Waals surface area contributed by atoms with Crippen LogP contribution in [0.5, 0.6) is 0 Å². The van der Waals surface area contributed by atoms with Crippen LogP contribution in [0, 0.1) is 0 Å². The fourth-order valence-corrected chi connectivity index (χ4v) is 3.69. The molecule has 1 aliphatic rings. The Morgan fingerprint density at radius 2 is 1.96 bits per heavy atom. The number of thiazole rings is 1. The molecule has 0 atom stereocenters. The summed E-state index contributed by atoms with van der Waals surface area (Å²) in [4.78, 5) is 23.1. The number of carbonyl (C=O) groups is 1. The second-order valence-corrected chi connectivity index (χ2v) is 6.99. The van der Waals surface area contributed by atoms with Gasteiger partial charge in [-0.05, 0) is 37.1 Å². The first kappa shape index (κ1) is 22.8. The normalized spacial score (nSPS) is 15.0. The monoisotopic (exact) mass is 417 g/mol. The molecule has 1 amide bonds. The minimum Gasteiger partial charge on any atom is -0.348 e. The van der Waals surface area contributed by atoms with Gasteiger partial charge in [0, 0.05) is 49.9 Å². The van der Waals surface area contributed by atoms with Crippen molar-refractivity contribution in [2.75, 3.05) is 19.6 Å². The fourth-order valence-electron chi connectivity index (χ4n) is 2.89. The van der Waals surface area contributed by atoms with Gasteiger partial charge in [0.1, 0.15) is 5.69 Å². The Kier molecular flexibility index (Phi) is 10.0. The third kappa shape index (κ3) is 6.48. The highest BCUT2D eigenvalue weighted by molar-refractivity contribution is 7.09. The van der Waals surface area contributed by atoms with Crippen molar-refractivity contribution < 1.29 is 4.79 Å². The number of halogens is 2. The summed E-state index contributed by atoms with van der Waals surface area (Å²) in [5, 5.41) is 5.86. The Morgan fingerprint density at radius 3 is 2.62 bits per heavy atom. The Bertz CT molecular complexity index is 662. The minimum absolute atomic E-state index is 0. The molecule has 0 aromatic carbocycles. The lowest BCUT2D eigenvalue weighted by Gasteiger charge is -2.32. The standard InChI is InChI=1S/C17H23N5OS.2ClH/c18-6-1-16-21-15(12-24-16)17(23)20-14-4-9-22(10-5-14)11-13-2-7-19-8-3-13;;/h2-3,7-8,12,14H,1,4-6,9-11,18H2,(H,20,23);2*1H. The van der Waals surface area contributed by atoms with E-state index in [9.17, 15) is 4.79 Å². The summed E-state index contributed by atoms with van der Waals surface area (Å²) < 4.78 is 0. The molecule has 3 heterocycles. The molecule has 0 unspecified atom stereocenters. The van der Waals surface area contributed by atoms with Crippen LogP contribution in [0.15, 0.2) is 29.9 Å². The lowest BCUT2D eigenvalue weighted by molar-refractivity contribution is 0.0904. The summed E-state index contributed by atoms with van der Waals surface area (Å²) >= 11 is 1.50. The first-order chi connectivity index (χ1) is 11.7. The smallest absolute Gasteiger partial charge is 0.270 e. The van der Waals surface area contributed by atoms with Gasteiger partial charge in [0.05, 0.1) is 5.01 Å². The number of pyridine rings is 1. The number of piperidine rings is 1. The molecule has 9 heteroatoms. The van der Waals surface area contributed by atoms with Crippen LogP contribution in [0.3, 0.4) is 0 Å². The van der Waals surface area contributed by atoms with Crippen molar-refractivity contribution in [3.05, 3.63) is 46.2 Å². The number of nitrogens with zero attached hydrogens (tertiary/aromatic N) is 3. The number of aromatic nitrogens is 2. The second kappa shape index (κ2) is 11.5. The molecule has 0 spiro atoms. The minimum atomic E-state index is -0.0675. The quantitative estimate of drug-likeness (QED) is 0.752. The zero-order valence-electron chi connectivity index (χ0n) is 14.5. The van der Waals surface area contributed by atoms with Crippen molar-refractivity contribution in [2.24, 2.45) is 5.73 Å². The summed E-state index contributed by atoms with van der Waals surface area (Å²) in [6, 6.07) is 4.33. The van der Waals surface area contributed by atoms with E-state index in [1.54, 1.807) is 0 Å². The van der Waals surface area contributed by atoms with Gasteiger partial charge < -0.3 is 11.1 Å². The lowest BCUT2D eigenvalue weighted by atomic mass is 10.0. The van der Waals surface area contributed by atoms with Crippen molar-refractivity contribution in [3.63, 3.8) is 0 Å². The summed E-state index contributed by atoms with van der Waals surface area (Å²) in [6.45, 7) is 3.48. The van der Waals surface area contributed by atoms with Gasteiger partial charge in [0.15, 0.2) is 0 Å². The second-order valence-electron chi connectivity index (χ2n) is 6.04. The van der Waals surface area contributed by atoms with Crippen molar-refractivity contribution in [3.8, 4) is 0 Å². The average Bonchev–Trinajstić information content (AvgIpc) is 3.07. The van der Waals surface area contributed by atoms with Crippen LogP contribution in [0.25, 0.3) is 0 Å². The van der Waals surface area contributed by atoms with Crippen LogP contribution in [0.4, 0.5) is 0 Å². The fraction of sp³-hybridized carbons (Fsp3) is 0.471. The number of carbonyl (C=O) groups excluding carboxylic acids is 1. The van der Waals surface area contributed by atoms with E-state index in [1.165, 1.54) is 16.9 Å². The average molecular weight is 418 g/mol. The van der Waals surface area contributed by atoms with E-state index >= 15 is 0 Å². The van der Waals surface area contributed by atoms with E-state index in [2.05, 4.69) is 32.3 Å². The van der Waals surface area contributed by atoms with Crippen molar-refractivity contribution in [1.29, 1.82) is 0 Å². The Balaban J connectivity index is 0.00000169. The molecule has 0 bridgehead atoms. The van der Waals surface area contributed by atoms with Crippen molar-refractivity contribution in [1.82, 2.24) is 20.2 Å². The number of hydrogen-bond acceptors (Lipinski definition) is 6. The topological polar surface area (TPSA) is 84.1 Å². The maximum atomic E-state index is 12.3. The SMILES string of the molecule is Cl.Cl.NCCc1nc(C(=O)NC2CCN(Cc3ccncc3)CC2)cs1. The molecular weight excluding hydrogens is 393 g/mol.